The Morgan fingerprint density at radius 1 is 1.09 bits per heavy atom. The SMILES string of the molecule is CN1CC[C@@H](Oc2cc(Nc3nc4ncc(Oc5cnn6cc(N(C)C(=O)C7CC7)ncc56)c(Cl)c4n3C)cc(C(F)(F)F)c2)C1. The molecule has 1 aliphatic carbocycles. The number of halogens is 4. The molecule has 2 fully saturated rings. The van der Waals surface area contributed by atoms with Crippen molar-refractivity contribution in [3.8, 4) is 17.2 Å². The van der Waals surface area contributed by atoms with Crippen molar-refractivity contribution in [2.75, 3.05) is 37.4 Å². The minimum atomic E-state index is -4.58. The largest absolute Gasteiger partial charge is 0.489 e. The minimum absolute atomic E-state index is 0.0191. The normalized spacial score (nSPS) is 17.2. The Balaban J connectivity index is 1.15. The summed E-state index contributed by atoms with van der Waals surface area (Å²) in [7, 11) is 5.28. The number of fused-ring (bicyclic) bond motifs is 2. The molecule has 1 saturated carbocycles. The van der Waals surface area contributed by atoms with Crippen LogP contribution >= 0.6 is 11.6 Å². The Kier molecular flexibility index (Phi) is 7.39. The summed E-state index contributed by atoms with van der Waals surface area (Å²) >= 11 is 6.77. The van der Waals surface area contributed by atoms with E-state index in [4.69, 9.17) is 21.1 Å². The molecular formula is C30H29ClF3N9O3. The zero-order chi connectivity index (χ0) is 32.3. The van der Waals surface area contributed by atoms with Gasteiger partial charge >= 0.3 is 6.18 Å². The van der Waals surface area contributed by atoms with E-state index in [1.54, 1.807) is 35.6 Å². The number of likely N-dealkylation sites (tertiary alicyclic amines) is 1. The molecule has 7 rings (SSSR count). The van der Waals surface area contributed by atoms with Crippen molar-refractivity contribution in [3.05, 3.63) is 53.6 Å². The third-order valence-electron chi connectivity index (χ3n) is 8.12. The molecule has 0 bridgehead atoms. The van der Waals surface area contributed by atoms with Crippen molar-refractivity contribution in [3.63, 3.8) is 0 Å². The van der Waals surface area contributed by atoms with E-state index in [9.17, 15) is 18.0 Å². The van der Waals surface area contributed by atoms with Crippen LogP contribution in [0.1, 0.15) is 24.8 Å². The van der Waals surface area contributed by atoms with E-state index in [-0.39, 0.29) is 51.7 Å². The number of likely N-dealkylation sites (N-methyl/N-ethyl adjacent to an activating group) is 1. The van der Waals surface area contributed by atoms with Crippen LogP contribution in [-0.2, 0) is 18.0 Å². The predicted molar refractivity (Wildman–Crippen MR) is 164 cm³/mol. The molecule has 1 aliphatic heterocycles. The summed E-state index contributed by atoms with van der Waals surface area (Å²) in [6.07, 6.45) is 3.81. The van der Waals surface area contributed by atoms with Gasteiger partial charge in [-0.15, -0.1) is 0 Å². The van der Waals surface area contributed by atoms with Crippen molar-refractivity contribution >= 4 is 51.6 Å². The van der Waals surface area contributed by atoms with Crippen LogP contribution in [0, 0.1) is 5.92 Å². The molecule has 1 aromatic carbocycles. The molecule has 1 atom stereocenters. The number of aromatic nitrogens is 6. The first-order valence-electron chi connectivity index (χ1n) is 14.6. The zero-order valence-corrected chi connectivity index (χ0v) is 25.8. The van der Waals surface area contributed by atoms with Gasteiger partial charge in [-0.25, -0.2) is 14.5 Å². The highest BCUT2D eigenvalue weighted by atomic mass is 35.5. The van der Waals surface area contributed by atoms with Gasteiger partial charge in [-0.2, -0.15) is 23.3 Å². The summed E-state index contributed by atoms with van der Waals surface area (Å²) in [6.45, 7) is 1.44. The summed E-state index contributed by atoms with van der Waals surface area (Å²) in [5, 5.41) is 7.49. The molecule has 2 aliphatic rings. The van der Waals surface area contributed by atoms with Crippen molar-refractivity contribution in [2.45, 2.75) is 31.5 Å². The van der Waals surface area contributed by atoms with Gasteiger partial charge in [0, 0.05) is 44.9 Å². The Morgan fingerprint density at radius 2 is 1.89 bits per heavy atom. The first kappa shape index (κ1) is 30.0. The van der Waals surface area contributed by atoms with E-state index >= 15 is 0 Å². The molecule has 5 aromatic rings. The maximum atomic E-state index is 13.8. The molecule has 0 radical (unpaired) electrons. The highest BCUT2D eigenvalue weighted by molar-refractivity contribution is 6.36. The molecule has 16 heteroatoms. The lowest BCUT2D eigenvalue weighted by Crippen LogP contribution is -2.28. The molecule has 12 nitrogen and oxygen atoms in total. The van der Waals surface area contributed by atoms with Crippen molar-refractivity contribution in [1.29, 1.82) is 0 Å². The number of hydrogen-bond donors (Lipinski definition) is 1. The lowest BCUT2D eigenvalue weighted by Gasteiger charge is -2.17. The average molecular weight is 656 g/mol. The van der Waals surface area contributed by atoms with Gasteiger partial charge < -0.3 is 24.3 Å². The molecule has 4 aromatic heterocycles. The summed E-state index contributed by atoms with van der Waals surface area (Å²) in [5.41, 5.74) is 0.488. The van der Waals surface area contributed by atoms with E-state index in [1.165, 1.54) is 23.4 Å². The fraction of sp³-hybridized carbons (Fsp3) is 0.367. The number of rotatable bonds is 8. The lowest BCUT2D eigenvalue weighted by molar-refractivity contribution is -0.137. The Labute approximate surface area is 265 Å². The van der Waals surface area contributed by atoms with E-state index in [0.29, 0.717) is 29.1 Å². The van der Waals surface area contributed by atoms with Crippen LogP contribution < -0.4 is 19.7 Å². The fourth-order valence-corrected chi connectivity index (χ4v) is 5.75. The van der Waals surface area contributed by atoms with E-state index in [1.807, 2.05) is 7.05 Å². The predicted octanol–water partition coefficient (Wildman–Crippen LogP) is 5.67. The van der Waals surface area contributed by atoms with Gasteiger partial charge in [0.05, 0.1) is 30.4 Å². The molecule has 0 unspecified atom stereocenters. The Bertz CT molecular complexity index is 1970. The van der Waals surface area contributed by atoms with Gasteiger partial charge in [-0.05, 0) is 38.4 Å². The number of hydrogen-bond acceptors (Lipinski definition) is 9. The quantitative estimate of drug-likeness (QED) is 0.226. The molecule has 240 valence electrons. The van der Waals surface area contributed by atoms with Crippen molar-refractivity contribution < 1.29 is 27.4 Å². The molecule has 1 N–H and O–H groups in total. The second-order valence-electron chi connectivity index (χ2n) is 11.6. The maximum absolute atomic E-state index is 13.8. The maximum Gasteiger partial charge on any atom is 0.416 e. The minimum Gasteiger partial charge on any atom is -0.489 e. The van der Waals surface area contributed by atoms with Crippen LogP contribution in [0.5, 0.6) is 17.2 Å². The zero-order valence-electron chi connectivity index (χ0n) is 25.0. The first-order chi connectivity index (χ1) is 21.9. The Morgan fingerprint density at radius 3 is 2.61 bits per heavy atom. The number of aryl methyl sites for hydroxylation is 1. The van der Waals surface area contributed by atoms with Crippen LogP contribution in [0.4, 0.5) is 30.6 Å². The second kappa shape index (κ2) is 11.3. The second-order valence-corrected chi connectivity index (χ2v) is 12.0. The third kappa shape index (κ3) is 5.75. The van der Waals surface area contributed by atoms with Crippen LogP contribution in [0.15, 0.2) is 43.0 Å². The summed E-state index contributed by atoms with van der Waals surface area (Å²) in [4.78, 5) is 29.3. The first-order valence-corrected chi connectivity index (χ1v) is 15.0. The van der Waals surface area contributed by atoms with Gasteiger partial charge in [0.1, 0.15) is 27.9 Å². The molecule has 46 heavy (non-hydrogen) atoms. The van der Waals surface area contributed by atoms with Crippen molar-refractivity contribution in [2.24, 2.45) is 13.0 Å². The monoisotopic (exact) mass is 655 g/mol. The van der Waals surface area contributed by atoms with Crippen molar-refractivity contribution in [1.82, 2.24) is 34.0 Å². The van der Waals surface area contributed by atoms with E-state index in [2.05, 4.69) is 30.3 Å². The smallest absolute Gasteiger partial charge is 0.416 e. The highest BCUT2D eigenvalue weighted by Gasteiger charge is 2.34. The number of carbonyl (C=O) groups excluding carboxylic acids is 1. The number of nitrogens with zero attached hydrogens (tertiary/aromatic N) is 8. The summed E-state index contributed by atoms with van der Waals surface area (Å²) in [6, 6.07) is 3.52. The number of pyridine rings is 1. The highest BCUT2D eigenvalue weighted by Crippen LogP contribution is 2.39. The number of ether oxygens (including phenoxy) is 2. The van der Waals surface area contributed by atoms with Gasteiger partial charge in [-0.1, -0.05) is 11.6 Å². The number of imidazole rings is 1. The van der Waals surface area contributed by atoms with Gasteiger partial charge in [-0.3, -0.25) is 9.69 Å². The van der Waals surface area contributed by atoms with Gasteiger partial charge in [0.2, 0.25) is 11.9 Å². The molecule has 1 saturated heterocycles. The molecule has 1 amide bonds. The standard InChI is InChI=1S/C30H29ClF3N9O3/c1-40-7-6-19(14-40)45-20-9-17(30(32,33)34)8-18(10-20)38-29-39-27-26(42(29)3)25(31)23(12-36-27)46-22-13-37-43-15-24(35-11-21(22)43)41(2)28(44)16-4-5-16/h8-13,15-16,19H,4-7,14H2,1-3H3,(H,36,38,39)/t19-/m1/s1. The molecular weight excluding hydrogens is 627 g/mol. The number of benzene rings is 1. The van der Waals surface area contributed by atoms with Gasteiger partial charge in [0.25, 0.3) is 0 Å². The van der Waals surface area contributed by atoms with Crippen LogP contribution in [-0.4, -0.2) is 73.2 Å². The number of nitrogens with one attached hydrogen (secondary N) is 1. The van der Waals surface area contributed by atoms with Crippen LogP contribution in [0.3, 0.4) is 0 Å². The third-order valence-corrected chi connectivity index (χ3v) is 8.49. The molecule has 0 spiro atoms. The van der Waals surface area contributed by atoms with E-state index < -0.39 is 11.7 Å². The number of alkyl halides is 3. The average Bonchev–Trinajstić information content (AvgIpc) is 3.56. The number of carbonyl (C=O) groups is 1. The molecule has 5 heterocycles. The van der Waals surface area contributed by atoms with Gasteiger partial charge in [0.15, 0.2) is 23.0 Å². The van der Waals surface area contributed by atoms with Crippen LogP contribution in [0.2, 0.25) is 5.02 Å². The number of anilines is 3. The van der Waals surface area contributed by atoms with Crippen LogP contribution in [0.25, 0.3) is 16.7 Å². The summed E-state index contributed by atoms with van der Waals surface area (Å²) in [5.74, 6) is 1.41. The Hall–Kier alpha value is -4.63. The fourth-order valence-electron chi connectivity index (χ4n) is 5.45. The number of amides is 1. The lowest BCUT2D eigenvalue weighted by atomic mass is 10.1. The topological polar surface area (TPSA) is 115 Å². The summed E-state index contributed by atoms with van der Waals surface area (Å²) < 4.78 is 56.5. The van der Waals surface area contributed by atoms with E-state index in [0.717, 1.165) is 37.9 Å².